The lowest BCUT2D eigenvalue weighted by molar-refractivity contribution is -0.120. The van der Waals surface area contributed by atoms with E-state index in [-0.39, 0.29) is 17.4 Å². The summed E-state index contributed by atoms with van der Waals surface area (Å²) in [5, 5.41) is 7.45. The highest BCUT2D eigenvalue weighted by Crippen LogP contribution is 2.24. The first-order valence-corrected chi connectivity index (χ1v) is 10.7. The van der Waals surface area contributed by atoms with Gasteiger partial charge in [-0.25, -0.2) is 4.68 Å². The molecule has 1 amide bonds. The zero-order valence-corrected chi connectivity index (χ0v) is 18.0. The monoisotopic (exact) mass is 416 g/mol. The molecule has 160 valence electrons. The molecule has 6 nitrogen and oxygen atoms in total. The summed E-state index contributed by atoms with van der Waals surface area (Å²) in [5.41, 5.74) is 4.77. The molecule has 3 aromatic rings. The maximum Gasteiger partial charge on any atom is 0.269 e. The number of carbonyl (C=O) groups is 1. The van der Waals surface area contributed by atoms with E-state index in [4.69, 9.17) is 0 Å². The molecule has 1 fully saturated rings. The van der Waals surface area contributed by atoms with Crippen molar-refractivity contribution >= 4 is 17.3 Å². The molecular formula is C25H28N4O2. The molecule has 2 heterocycles. The van der Waals surface area contributed by atoms with Crippen molar-refractivity contribution in [3.05, 3.63) is 87.8 Å². The molecule has 1 unspecified atom stereocenters. The van der Waals surface area contributed by atoms with Gasteiger partial charge in [0.05, 0.1) is 24.3 Å². The summed E-state index contributed by atoms with van der Waals surface area (Å²) >= 11 is 0. The second-order valence-corrected chi connectivity index (χ2v) is 8.29. The Morgan fingerprint density at radius 1 is 1.13 bits per heavy atom. The number of hydrogen-bond acceptors (Lipinski definition) is 4. The van der Waals surface area contributed by atoms with Crippen molar-refractivity contribution in [2.24, 2.45) is 5.92 Å². The van der Waals surface area contributed by atoms with Gasteiger partial charge in [-0.3, -0.25) is 9.59 Å². The maximum absolute atomic E-state index is 12.9. The molecule has 1 N–H and O–H groups in total. The number of amides is 1. The summed E-state index contributed by atoms with van der Waals surface area (Å²) in [6.07, 6.45) is 3.47. The molecule has 1 aliphatic rings. The van der Waals surface area contributed by atoms with Gasteiger partial charge >= 0.3 is 0 Å². The largest absolute Gasteiger partial charge is 0.369 e. The Morgan fingerprint density at radius 2 is 1.94 bits per heavy atom. The summed E-state index contributed by atoms with van der Waals surface area (Å²) in [7, 11) is 0. The Hall–Kier alpha value is -3.41. The Labute approximate surface area is 182 Å². The molecule has 1 aromatic heterocycles. The molecular weight excluding hydrogens is 388 g/mol. The van der Waals surface area contributed by atoms with Gasteiger partial charge < -0.3 is 10.2 Å². The van der Waals surface area contributed by atoms with Gasteiger partial charge in [0.15, 0.2) is 0 Å². The molecule has 1 saturated heterocycles. The van der Waals surface area contributed by atoms with Crippen molar-refractivity contribution < 1.29 is 4.79 Å². The number of benzene rings is 2. The summed E-state index contributed by atoms with van der Waals surface area (Å²) in [5.74, 6) is -0.0942. The summed E-state index contributed by atoms with van der Waals surface area (Å²) < 4.78 is 1.47. The standard InChI is InChI=1S/C25H28N4O2/c1-18-10-11-23(19(2)13-18)27-25(31)21-9-6-12-28(17-21)22-14-24(30)29(26-15-22)16-20-7-4-3-5-8-20/h3-5,7-8,10-11,13-15,21H,6,9,12,16-17H2,1-2H3,(H,27,31). The van der Waals surface area contributed by atoms with E-state index in [9.17, 15) is 9.59 Å². The van der Waals surface area contributed by atoms with Crippen molar-refractivity contribution in [3.8, 4) is 0 Å². The number of aryl methyl sites for hydroxylation is 2. The zero-order chi connectivity index (χ0) is 21.8. The predicted octanol–water partition coefficient (Wildman–Crippen LogP) is 3.76. The lowest BCUT2D eigenvalue weighted by Crippen LogP contribution is -2.41. The summed E-state index contributed by atoms with van der Waals surface area (Å²) in [4.78, 5) is 27.6. The highest BCUT2D eigenvalue weighted by molar-refractivity contribution is 5.93. The molecule has 0 spiro atoms. The average Bonchev–Trinajstić information content (AvgIpc) is 2.78. The molecule has 31 heavy (non-hydrogen) atoms. The molecule has 2 aromatic carbocycles. The van der Waals surface area contributed by atoms with Crippen molar-refractivity contribution in [2.45, 2.75) is 33.2 Å². The Balaban J connectivity index is 1.43. The quantitative estimate of drug-likeness (QED) is 0.688. The van der Waals surface area contributed by atoms with E-state index in [1.54, 1.807) is 12.3 Å². The maximum atomic E-state index is 12.9. The third-order valence-corrected chi connectivity index (χ3v) is 5.83. The number of aromatic nitrogens is 2. The topological polar surface area (TPSA) is 67.2 Å². The molecule has 0 bridgehead atoms. The van der Waals surface area contributed by atoms with Crippen LogP contribution in [0.15, 0.2) is 65.6 Å². The highest BCUT2D eigenvalue weighted by Gasteiger charge is 2.26. The Bertz CT molecular complexity index is 1120. The first-order chi connectivity index (χ1) is 15.0. The predicted molar refractivity (Wildman–Crippen MR) is 124 cm³/mol. The minimum absolute atomic E-state index is 0.0297. The molecule has 6 heteroatoms. The second kappa shape index (κ2) is 9.16. The van der Waals surface area contributed by atoms with E-state index in [0.717, 1.165) is 41.9 Å². The van der Waals surface area contributed by atoms with Crippen LogP contribution >= 0.6 is 0 Å². The smallest absolute Gasteiger partial charge is 0.269 e. The Morgan fingerprint density at radius 3 is 2.68 bits per heavy atom. The van der Waals surface area contributed by atoms with Gasteiger partial charge in [-0.1, -0.05) is 48.0 Å². The number of piperidine rings is 1. The van der Waals surface area contributed by atoms with Crippen molar-refractivity contribution in [1.82, 2.24) is 9.78 Å². The normalized spacial score (nSPS) is 16.2. The van der Waals surface area contributed by atoms with Crippen LogP contribution in [0.4, 0.5) is 11.4 Å². The SMILES string of the molecule is Cc1ccc(NC(=O)C2CCCN(c3cnn(Cc4ccccc4)c(=O)c3)C2)c(C)c1. The minimum Gasteiger partial charge on any atom is -0.369 e. The number of rotatable bonds is 5. The van der Waals surface area contributed by atoms with Crippen molar-refractivity contribution in [2.75, 3.05) is 23.3 Å². The molecule has 0 aliphatic carbocycles. The number of carbonyl (C=O) groups excluding carboxylic acids is 1. The lowest BCUT2D eigenvalue weighted by atomic mass is 9.96. The Kier molecular flexibility index (Phi) is 6.16. The molecule has 1 atom stereocenters. The van der Waals surface area contributed by atoms with Gasteiger partial charge in [-0.2, -0.15) is 5.10 Å². The molecule has 0 radical (unpaired) electrons. The van der Waals surface area contributed by atoms with E-state index in [1.165, 1.54) is 10.2 Å². The van der Waals surface area contributed by atoms with Crippen LogP contribution in [0.3, 0.4) is 0 Å². The van der Waals surface area contributed by atoms with Crippen molar-refractivity contribution in [1.29, 1.82) is 0 Å². The minimum atomic E-state index is -0.136. The molecule has 0 saturated carbocycles. The van der Waals surface area contributed by atoms with Gasteiger partial charge in [0.1, 0.15) is 0 Å². The summed E-state index contributed by atoms with van der Waals surface area (Å²) in [6, 6.07) is 17.5. The second-order valence-electron chi connectivity index (χ2n) is 8.29. The van der Waals surface area contributed by atoms with E-state index >= 15 is 0 Å². The van der Waals surface area contributed by atoms with Gasteiger partial charge in [-0.05, 0) is 43.9 Å². The third-order valence-electron chi connectivity index (χ3n) is 5.83. The highest BCUT2D eigenvalue weighted by atomic mass is 16.2. The third kappa shape index (κ3) is 5.02. The van der Waals surface area contributed by atoms with Crippen molar-refractivity contribution in [3.63, 3.8) is 0 Å². The first-order valence-electron chi connectivity index (χ1n) is 10.7. The van der Waals surface area contributed by atoms with Gasteiger partial charge in [0, 0.05) is 24.8 Å². The fourth-order valence-corrected chi connectivity index (χ4v) is 4.09. The lowest BCUT2D eigenvalue weighted by Gasteiger charge is -2.33. The fraction of sp³-hybridized carbons (Fsp3) is 0.320. The van der Waals surface area contributed by atoms with Gasteiger partial charge in [-0.15, -0.1) is 0 Å². The van der Waals surface area contributed by atoms with Crippen LogP contribution in [0.5, 0.6) is 0 Å². The van der Waals surface area contributed by atoms with Crippen LogP contribution in [-0.2, 0) is 11.3 Å². The zero-order valence-electron chi connectivity index (χ0n) is 18.0. The molecule has 1 aliphatic heterocycles. The van der Waals surface area contributed by atoms with E-state index in [1.807, 2.05) is 56.3 Å². The molecule has 4 rings (SSSR count). The fourth-order valence-electron chi connectivity index (χ4n) is 4.09. The van der Waals surface area contributed by atoms with Gasteiger partial charge in [0.25, 0.3) is 5.56 Å². The van der Waals surface area contributed by atoms with E-state index < -0.39 is 0 Å². The number of hydrogen-bond donors (Lipinski definition) is 1. The van der Waals surface area contributed by atoms with Crippen LogP contribution in [-0.4, -0.2) is 28.8 Å². The number of nitrogens with one attached hydrogen (secondary N) is 1. The average molecular weight is 417 g/mol. The summed E-state index contributed by atoms with van der Waals surface area (Å²) in [6.45, 7) is 5.89. The van der Waals surface area contributed by atoms with Crippen LogP contribution in [0.25, 0.3) is 0 Å². The number of anilines is 2. The van der Waals surface area contributed by atoms with Crippen LogP contribution in [0.1, 0.15) is 29.5 Å². The van der Waals surface area contributed by atoms with Crippen LogP contribution in [0, 0.1) is 19.8 Å². The first kappa shape index (κ1) is 20.8. The van der Waals surface area contributed by atoms with E-state index in [2.05, 4.69) is 21.4 Å². The van der Waals surface area contributed by atoms with E-state index in [0.29, 0.717) is 13.1 Å². The van der Waals surface area contributed by atoms with Crippen LogP contribution in [0.2, 0.25) is 0 Å². The van der Waals surface area contributed by atoms with Gasteiger partial charge in [0.2, 0.25) is 5.91 Å². The van der Waals surface area contributed by atoms with Crippen LogP contribution < -0.4 is 15.8 Å². The number of nitrogens with zero attached hydrogens (tertiary/aromatic N) is 3.